The molecule has 0 spiro atoms. The van der Waals surface area contributed by atoms with E-state index in [4.69, 9.17) is 0 Å². The lowest BCUT2D eigenvalue weighted by atomic mass is 10.0. The van der Waals surface area contributed by atoms with Gasteiger partial charge >= 0.3 is 6.18 Å². The van der Waals surface area contributed by atoms with Gasteiger partial charge in [0.15, 0.2) is 5.82 Å². The van der Waals surface area contributed by atoms with Gasteiger partial charge in [-0.1, -0.05) is 50.2 Å². The van der Waals surface area contributed by atoms with Gasteiger partial charge in [0, 0.05) is 31.9 Å². The van der Waals surface area contributed by atoms with Crippen molar-refractivity contribution < 1.29 is 13.2 Å². The highest BCUT2D eigenvalue weighted by Gasteiger charge is 2.33. The van der Waals surface area contributed by atoms with E-state index in [1.165, 1.54) is 12.1 Å². The number of benzene rings is 2. The third-order valence-corrected chi connectivity index (χ3v) is 5.88. The van der Waals surface area contributed by atoms with Crippen molar-refractivity contribution in [3.05, 3.63) is 71.5 Å². The molecule has 0 N–H and O–H groups in total. The summed E-state index contributed by atoms with van der Waals surface area (Å²) in [6, 6.07) is 15.6. The molecule has 3 aromatic rings. The van der Waals surface area contributed by atoms with Gasteiger partial charge in [-0.2, -0.15) is 13.2 Å². The molecule has 1 aliphatic heterocycles. The van der Waals surface area contributed by atoms with Gasteiger partial charge in [0.25, 0.3) is 0 Å². The monoisotopic (exact) mass is 444 g/mol. The predicted octanol–water partition coefficient (Wildman–Crippen LogP) is 4.26. The van der Waals surface area contributed by atoms with E-state index >= 15 is 0 Å². The van der Waals surface area contributed by atoms with Crippen molar-refractivity contribution >= 4 is 5.69 Å². The van der Waals surface area contributed by atoms with Gasteiger partial charge < -0.3 is 4.90 Å². The molecule has 0 saturated carbocycles. The molecular weight excluding hydrogens is 417 g/mol. The first-order chi connectivity index (χ1) is 15.3. The summed E-state index contributed by atoms with van der Waals surface area (Å²) in [5, 5.41) is 12.5. The number of tetrazole rings is 1. The van der Waals surface area contributed by atoms with Crippen LogP contribution < -0.4 is 4.90 Å². The summed E-state index contributed by atoms with van der Waals surface area (Å²) in [5.74, 6) is 1.09. The molecule has 9 heteroatoms. The molecule has 0 radical (unpaired) electrons. The van der Waals surface area contributed by atoms with Crippen LogP contribution in [0.15, 0.2) is 54.6 Å². The number of hydrogen-bond acceptors (Lipinski definition) is 5. The molecule has 1 saturated heterocycles. The molecule has 1 atom stereocenters. The van der Waals surface area contributed by atoms with E-state index in [9.17, 15) is 13.2 Å². The van der Waals surface area contributed by atoms with Gasteiger partial charge in [0.1, 0.15) is 0 Å². The number of rotatable bonds is 6. The van der Waals surface area contributed by atoms with Crippen LogP contribution in [0.1, 0.15) is 36.8 Å². The molecule has 0 aliphatic carbocycles. The highest BCUT2D eigenvalue weighted by molar-refractivity contribution is 5.49. The molecule has 32 heavy (non-hydrogen) atoms. The smallest absolute Gasteiger partial charge is 0.369 e. The van der Waals surface area contributed by atoms with Crippen LogP contribution in [-0.2, 0) is 12.7 Å². The summed E-state index contributed by atoms with van der Waals surface area (Å²) in [7, 11) is 0. The van der Waals surface area contributed by atoms with Crippen LogP contribution in [0.5, 0.6) is 0 Å². The Kier molecular flexibility index (Phi) is 6.45. The summed E-state index contributed by atoms with van der Waals surface area (Å²) in [5.41, 5.74) is 1.12. The first-order valence-electron chi connectivity index (χ1n) is 10.8. The molecular formula is C23H27F3N6. The molecule has 170 valence electrons. The second kappa shape index (κ2) is 9.28. The van der Waals surface area contributed by atoms with Gasteiger partial charge in [-0.3, -0.25) is 4.90 Å². The van der Waals surface area contributed by atoms with Crippen molar-refractivity contribution in [3.8, 4) is 0 Å². The lowest BCUT2D eigenvalue weighted by molar-refractivity contribution is -0.137. The van der Waals surface area contributed by atoms with E-state index < -0.39 is 11.7 Å². The van der Waals surface area contributed by atoms with Crippen LogP contribution >= 0.6 is 0 Å². The summed E-state index contributed by atoms with van der Waals surface area (Å²) in [6.07, 6.45) is -4.34. The Labute approximate surface area is 185 Å². The van der Waals surface area contributed by atoms with E-state index in [0.717, 1.165) is 30.5 Å². The fourth-order valence-corrected chi connectivity index (χ4v) is 4.31. The minimum Gasteiger partial charge on any atom is -0.369 e. The Hall–Kier alpha value is -2.94. The molecule has 2 heterocycles. The second-order valence-electron chi connectivity index (χ2n) is 8.44. The topological polar surface area (TPSA) is 50.1 Å². The SMILES string of the molecule is CC(C)C(c1nnnn1Cc1ccccc1)N1CCN(c2cccc(C(F)(F)F)c2)CC1. The predicted molar refractivity (Wildman–Crippen MR) is 116 cm³/mol. The molecule has 1 aromatic heterocycles. The van der Waals surface area contributed by atoms with Crippen molar-refractivity contribution in [1.29, 1.82) is 0 Å². The number of piperazine rings is 1. The minimum atomic E-state index is -4.34. The minimum absolute atomic E-state index is 0.0253. The number of hydrogen-bond donors (Lipinski definition) is 0. The van der Waals surface area contributed by atoms with E-state index in [1.54, 1.807) is 6.07 Å². The zero-order valence-corrected chi connectivity index (χ0v) is 18.2. The molecule has 1 unspecified atom stereocenters. The zero-order chi connectivity index (χ0) is 22.7. The van der Waals surface area contributed by atoms with Gasteiger partial charge in [-0.05, 0) is 40.1 Å². The van der Waals surface area contributed by atoms with Gasteiger partial charge in [0.05, 0.1) is 18.2 Å². The van der Waals surface area contributed by atoms with Crippen molar-refractivity contribution in [2.75, 3.05) is 31.1 Å². The lowest BCUT2D eigenvalue weighted by Crippen LogP contribution is -2.49. The van der Waals surface area contributed by atoms with E-state index in [0.29, 0.717) is 25.3 Å². The molecule has 1 fully saturated rings. The Morgan fingerprint density at radius 1 is 0.938 bits per heavy atom. The van der Waals surface area contributed by atoms with Crippen LogP contribution in [0.4, 0.5) is 18.9 Å². The van der Waals surface area contributed by atoms with E-state index in [2.05, 4.69) is 34.3 Å². The van der Waals surface area contributed by atoms with Crippen LogP contribution in [0.25, 0.3) is 0 Å². The molecule has 0 amide bonds. The summed E-state index contributed by atoms with van der Waals surface area (Å²) < 4.78 is 41.1. The summed E-state index contributed by atoms with van der Waals surface area (Å²) >= 11 is 0. The van der Waals surface area contributed by atoms with Crippen molar-refractivity contribution in [2.24, 2.45) is 5.92 Å². The summed E-state index contributed by atoms with van der Waals surface area (Å²) in [4.78, 5) is 4.35. The zero-order valence-electron chi connectivity index (χ0n) is 18.2. The van der Waals surface area contributed by atoms with Gasteiger partial charge in [-0.25, -0.2) is 4.68 Å². The number of anilines is 1. The lowest BCUT2D eigenvalue weighted by Gasteiger charge is -2.41. The Balaban J connectivity index is 1.48. The number of aromatic nitrogens is 4. The Morgan fingerprint density at radius 3 is 2.31 bits per heavy atom. The Morgan fingerprint density at radius 2 is 1.66 bits per heavy atom. The van der Waals surface area contributed by atoms with Crippen LogP contribution in [-0.4, -0.2) is 51.3 Å². The maximum Gasteiger partial charge on any atom is 0.416 e. The highest BCUT2D eigenvalue weighted by atomic mass is 19.4. The third-order valence-electron chi connectivity index (χ3n) is 5.88. The van der Waals surface area contributed by atoms with Gasteiger partial charge in [0.2, 0.25) is 0 Å². The van der Waals surface area contributed by atoms with Crippen molar-refractivity contribution in [2.45, 2.75) is 32.6 Å². The molecule has 4 rings (SSSR count). The Bertz CT molecular complexity index is 1010. The van der Waals surface area contributed by atoms with E-state index in [-0.39, 0.29) is 12.0 Å². The van der Waals surface area contributed by atoms with Crippen molar-refractivity contribution in [1.82, 2.24) is 25.1 Å². The normalized spacial score (nSPS) is 16.5. The van der Waals surface area contributed by atoms with Crippen molar-refractivity contribution in [3.63, 3.8) is 0 Å². The van der Waals surface area contributed by atoms with Crippen LogP contribution in [0.2, 0.25) is 0 Å². The fraction of sp³-hybridized carbons (Fsp3) is 0.435. The van der Waals surface area contributed by atoms with Gasteiger partial charge in [-0.15, -0.1) is 5.10 Å². The quantitative estimate of drug-likeness (QED) is 0.569. The first-order valence-corrected chi connectivity index (χ1v) is 10.8. The average Bonchev–Trinajstić information content (AvgIpc) is 3.22. The number of nitrogens with zero attached hydrogens (tertiary/aromatic N) is 6. The number of halogens is 3. The molecule has 0 bridgehead atoms. The maximum atomic E-state index is 13.1. The molecule has 1 aliphatic rings. The molecule has 6 nitrogen and oxygen atoms in total. The van der Waals surface area contributed by atoms with Crippen LogP contribution in [0, 0.1) is 5.92 Å². The average molecular weight is 445 g/mol. The summed E-state index contributed by atoms with van der Waals surface area (Å²) in [6.45, 7) is 7.61. The standard InChI is InChI=1S/C23H27F3N6/c1-17(2)21(22-27-28-29-32(22)16-18-7-4-3-5-8-18)31-13-11-30(12-14-31)20-10-6-9-19(15-20)23(24,25)26/h3-10,15,17,21H,11-14,16H2,1-2H3. The highest BCUT2D eigenvalue weighted by Crippen LogP contribution is 2.33. The third kappa shape index (κ3) is 4.93. The molecule has 2 aromatic carbocycles. The maximum absolute atomic E-state index is 13.1. The van der Waals surface area contributed by atoms with Crippen LogP contribution in [0.3, 0.4) is 0 Å². The second-order valence-corrected chi connectivity index (χ2v) is 8.44. The fourth-order valence-electron chi connectivity index (χ4n) is 4.31. The number of alkyl halides is 3. The van der Waals surface area contributed by atoms with E-state index in [1.807, 2.05) is 39.9 Å². The first kappa shape index (κ1) is 22.3. The largest absolute Gasteiger partial charge is 0.416 e.